The van der Waals surface area contributed by atoms with E-state index in [-0.39, 0.29) is 12.5 Å². The Morgan fingerprint density at radius 3 is 2.67 bits per heavy atom. The summed E-state index contributed by atoms with van der Waals surface area (Å²) in [5.74, 6) is -0.567. The normalized spacial score (nSPS) is 12.2. The molecule has 9 nitrogen and oxygen atoms in total. The number of hydrogen-bond donors (Lipinski definition) is 4. The van der Waals surface area contributed by atoms with Gasteiger partial charge < -0.3 is 15.7 Å². The average molecular weight is 256 g/mol. The topological polar surface area (TPSA) is 133 Å². The van der Waals surface area contributed by atoms with Crippen LogP contribution in [-0.2, 0) is 11.3 Å². The first-order chi connectivity index (χ1) is 8.49. The van der Waals surface area contributed by atoms with Gasteiger partial charge in [-0.25, -0.2) is 9.59 Å². The van der Waals surface area contributed by atoms with Crippen molar-refractivity contribution in [2.24, 2.45) is 5.92 Å². The Bertz CT molecular complexity index is 391. The number of carbonyl (C=O) groups is 2. The molecule has 9 heteroatoms. The Hall–Kier alpha value is -2.19. The largest absolute Gasteiger partial charge is 0.480 e. The van der Waals surface area contributed by atoms with Crippen molar-refractivity contribution in [1.82, 2.24) is 31.3 Å². The summed E-state index contributed by atoms with van der Waals surface area (Å²) >= 11 is 0. The van der Waals surface area contributed by atoms with E-state index in [9.17, 15) is 9.59 Å². The summed E-state index contributed by atoms with van der Waals surface area (Å²) in [6.07, 6.45) is 0.366. The Morgan fingerprint density at radius 1 is 1.44 bits per heavy atom. The maximum absolute atomic E-state index is 11.5. The highest BCUT2D eigenvalue weighted by Crippen LogP contribution is 2.04. The second-order valence-electron chi connectivity index (χ2n) is 4.18. The van der Waals surface area contributed by atoms with Gasteiger partial charge in [0.2, 0.25) is 0 Å². The van der Waals surface area contributed by atoms with Gasteiger partial charge in [-0.15, -0.1) is 10.2 Å². The van der Waals surface area contributed by atoms with Crippen LogP contribution in [0.15, 0.2) is 0 Å². The van der Waals surface area contributed by atoms with Crippen molar-refractivity contribution in [3.8, 4) is 0 Å². The summed E-state index contributed by atoms with van der Waals surface area (Å²) in [6, 6.07) is -1.48. The SMILES string of the molecule is CC(C)C[C@@H](NC(=O)NCc1nn[nH]n1)C(=O)O. The molecule has 0 fully saturated rings. The van der Waals surface area contributed by atoms with Crippen molar-refractivity contribution in [1.29, 1.82) is 0 Å². The van der Waals surface area contributed by atoms with Gasteiger partial charge in [0.15, 0.2) is 5.82 Å². The number of aromatic amines is 1. The van der Waals surface area contributed by atoms with E-state index in [1.807, 2.05) is 13.8 Å². The lowest BCUT2D eigenvalue weighted by molar-refractivity contribution is -0.139. The summed E-state index contributed by atoms with van der Waals surface area (Å²) < 4.78 is 0. The van der Waals surface area contributed by atoms with Crippen LogP contribution in [0.4, 0.5) is 4.79 Å². The molecule has 0 saturated heterocycles. The van der Waals surface area contributed by atoms with Gasteiger partial charge in [-0.05, 0) is 12.3 Å². The number of rotatable bonds is 6. The molecule has 1 heterocycles. The second-order valence-corrected chi connectivity index (χ2v) is 4.18. The molecule has 0 bridgehead atoms. The van der Waals surface area contributed by atoms with E-state index in [4.69, 9.17) is 5.11 Å². The van der Waals surface area contributed by atoms with Crippen LogP contribution in [-0.4, -0.2) is 43.8 Å². The Balaban J connectivity index is 2.39. The van der Waals surface area contributed by atoms with Crippen molar-refractivity contribution in [3.63, 3.8) is 0 Å². The Labute approximate surface area is 103 Å². The molecule has 0 radical (unpaired) electrons. The van der Waals surface area contributed by atoms with Gasteiger partial charge in [-0.1, -0.05) is 19.1 Å². The van der Waals surface area contributed by atoms with Gasteiger partial charge in [0.1, 0.15) is 6.04 Å². The van der Waals surface area contributed by atoms with Crippen LogP contribution in [0.2, 0.25) is 0 Å². The van der Waals surface area contributed by atoms with Crippen LogP contribution in [0.25, 0.3) is 0 Å². The molecule has 4 N–H and O–H groups in total. The first-order valence-corrected chi connectivity index (χ1v) is 5.48. The molecule has 1 rings (SSSR count). The number of nitrogens with zero attached hydrogens (tertiary/aromatic N) is 3. The van der Waals surface area contributed by atoms with E-state index in [0.717, 1.165) is 0 Å². The number of amides is 2. The van der Waals surface area contributed by atoms with Crippen molar-refractivity contribution in [2.45, 2.75) is 32.9 Å². The third-order valence-electron chi connectivity index (χ3n) is 2.11. The molecule has 0 aromatic carbocycles. The minimum Gasteiger partial charge on any atom is -0.480 e. The fraction of sp³-hybridized carbons (Fsp3) is 0.667. The number of urea groups is 1. The Morgan fingerprint density at radius 2 is 2.17 bits per heavy atom. The molecule has 18 heavy (non-hydrogen) atoms. The smallest absolute Gasteiger partial charge is 0.326 e. The van der Waals surface area contributed by atoms with E-state index in [1.165, 1.54) is 0 Å². The van der Waals surface area contributed by atoms with Gasteiger partial charge in [-0.3, -0.25) is 0 Å². The second kappa shape index (κ2) is 6.52. The highest BCUT2D eigenvalue weighted by Gasteiger charge is 2.20. The minimum absolute atomic E-state index is 0.0797. The summed E-state index contributed by atoms with van der Waals surface area (Å²) in [5.41, 5.74) is 0. The summed E-state index contributed by atoms with van der Waals surface area (Å²) in [6.45, 7) is 3.85. The highest BCUT2D eigenvalue weighted by molar-refractivity contribution is 5.82. The summed E-state index contributed by atoms with van der Waals surface area (Å²) in [4.78, 5) is 22.4. The zero-order valence-electron chi connectivity index (χ0n) is 10.2. The molecular formula is C9H16N6O3. The lowest BCUT2D eigenvalue weighted by Gasteiger charge is -2.16. The molecule has 100 valence electrons. The quantitative estimate of drug-likeness (QED) is 0.542. The van der Waals surface area contributed by atoms with Gasteiger partial charge in [0.05, 0.1) is 6.54 Å². The third-order valence-corrected chi connectivity index (χ3v) is 2.11. The summed E-state index contributed by atoms with van der Waals surface area (Å²) in [5, 5.41) is 26.6. The van der Waals surface area contributed by atoms with Crippen molar-refractivity contribution in [3.05, 3.63) is 5.82 Å². The number of tetrazole rings is 1. The predicted molar refractivity (Wildman–Crippen MR) is 60.4 cm³/mol. The molecule has 0 aliphatic heterocycles. The molecule has 0 saturated carbocycles. The molecule has 1 aromatic heterocycles. The van der Waals surface area contributed by atoms with Crippen LogP contribution >= 0.6 is 0 Å². The molecule has 0 aliphatic rings. The van der Waals surface area contributed by atoms with Crippen molar-refractivity contribution < 1.29 is 14.7 Å². The number of hydrogen-bond acceptors (Lipinski definition) is 5. The first-order valence-electron chi connectivity index (χ1n) is 5.48. The average Bonchev–Trinajstić information content (AvgIpc) is 2.77. The van der Waals surface area contributed by atoms with E-state index in [0.29, 0.717) is 12.2 Å². The number of carbonyl (C=O) groups excluding carboxylic acids is 1. The molecule has 0 aliphatic carbocycles. The van der Waals surface area contributed by atoms with Crippen LogP contribution in [0.1, 0.15) is 26.1 Å². The fourth-order valence-corrected chi connectivity index (χ4v) is 1.32. The summed E-state index contributed by atoms with van der Waals surface area (Å²) in [7, 11) is 0. The van der Waals surface area contributed by atoms with Crippen LogP contribution in [0.5, 0.6) is 0 Å². The van der Waals surface area contributed by atoms with E-state index in [2.05, 4.69) is 31.3 Å². The number of aromatic nitrogens is 4. The van der Waals surface area contributed by atoms with E-state index >= 15 is 0 Å². The Kier molecular flexibility index (Phi) is 5.03. The lowest BCUT2D eigenvalue weighted by Crippen LogP contribution is -2.46. The van der Waals surface area contributed by atoms with E-state index in [1.54, 1.807) is 0 Å². The number of carboxylic acid groups (broad SMARTS) is 1. The molecule has 0 spiro atoms. The maximum Gasteiger partial charge on any atom is 0.326 e. The number of H-pyrrole nitrogens is 1. The van der Waals surface area contributed by atoms with Crippen LogP contribution in [0, 0.1) is 5.92 Å². The van der Waals surface area contributed by atoms with Gasteiger partial charge in [0, 0.05) is 0 Å². The van der Waals surface area contributed by atoms with Gasteiger partial charge >= 0.3 is 12.0 Å². The molecular weight excluding hydrogens is 240 g/mol. The number of aliphatic carboxylic acids is 1. The third kappa shape index (κ3) is 4.76. The zero-order valence-corrected chi connectivity index (χ0v) is 10.2. The highest BCUT2D eigenvalue weighted by atomic mass is 16.4. The molecule has 0 unspecified atom stereocenters. The molecule has 1 aromatic rings. The minimum atomic E-state index is -1.06. The van der Waals surface area contributed by atoms with Gasteiger partial charge in [-0.2, -0.15) is 5.21 Å². The standard InChI is InChI=1S/C9H16N6O3/c1-5(2)3-6(8(16)17)11-9(18)10-4-7-12-14-15-13-7/h5-6H,3-4H2,1-2H3,(H,16,17)(H2,10,11,18)(H,12,13,14,15)/t6-/m1/s1. The van der Waals surface area contributed by atoms with Crippen molar-refractivity contribution in [2.75, 3.05) is 0 Å². The number of carboxylic acids is 1. The van der Waals surface area contributed by atoms with Gasteiger partial charge in [0.25, 0.3) is 0 Å². The fourth-order valence-electron chi connectivity index (χ4n) is 1.32. The van der Waals surface area contributed by atoms with E-state index < -0.39 is 18.0 Å². The monoisotopic (exact) mass is 256 g/mol. The lowest BCUT2D eigenvalue weighted by atomic mass is 10.0. The molecule has 2 amide bonds. The molecule has 1 atom stereocenters. The van der Waals surface area contributed by atoms with Crippen LogP contribution < -0.4 is 10.6 Å². The zero-order chi connectivity index (χ0) is 13.5. The maximum atomic E-state index is 11.5. The van der Waals surface area contributed by atoms with Crippen LogP contribution in [0.3, 0.4) is 0 Å². The number of nitrogens with one attached hydrogen (secondary N) is 3. The predicted octanol–water partition coefficient (Wildman–Crippen LogP) is -0.502. The first kappa shape index (κ1) is 13.9. The van der Waals surface area contributed by atoms with Crippen molar-refractivity contribution >= 4 is 12.0 Å².